The Morgan fingerprint density at radius 3 is 2.58 bits per heavy atom. The molecule has 2 aromatic rings. The van der Waals surface area contributed by atoms with E-state index in [1.807, 2.05) is 6.07 Å². The quantitative estimate of drug-likeness (QED) is 0.652. The highest BCUT2D eigenvalue weighted by atomic mass is 35.5. The lowest BCUT2D eigenvalue weighted by atomic mass is 10.1. The molecule has 0 bridgehead atoms. The first-order valence-corrected chi connectivity index (χ1v) is 7.38. The topological polar surface area (TPSA) is 82.3 Å². The molecule has 24 heavy (non-hydrogen) atoms. The van der Waals surface area contributed by atoms with Crippen molar-refractivity contribution in [2.75, 3.05) is 12.4 Å². The summed E-state index contributed by atoms with van der Waals surface area (Å²) in [5.74, 6) is -0.0528. The van der Waals surface area contributed by atoms with Crippen molar-refractivity contribution in [1.82, 2.24) is 0 Å². The average molecular weight is 343 g/mol. The second-order valence-corrected chi connectivity index (χ2v) is 5.42. The second-order valence-electron chi connectivity index (χ2n) is 5.02. The SMILES string of the molecule is COc1cc(Cl)c(C)cc1NC(=O)/C(C#N)=C/c1ccc(O)cc1. The zero-order chi connectivity index (χ0) is 17.7. The zero-order valence-corrected chi connectivity index (χ0v) is 13.9. The largest absolute Gasteiger partial charge is 0.508 e. The van der Waals surface area contributed by atoms with E-state index in [-0.39, 0.29) is 11.3 Å². The Bertz CT molecular complexity index is 837. The Balaban J connectivity index is 2.29. The highest BCUT2D eigenvalue weighted by Crippen LogP contribution is 2.31. The van der Waals surface area contributed by atoms with E-state index in [0.29, 0.717) is 22.0 Å². The molecule has 6 heteroatoms. The highest BCUT2D eigenvalue weighted by molar-refractivity contribution is 6.31. The van der Waals surface area contributed by atoms with Gasteiger partial charge in [0.05, 0.1) is 12.8 Å². The number of nitriles is 1. The van der Waals surface area contributed by atoms with Gasteiger partial charge in [-0.05, 0) is 42.3 Å². The summed E-state index contributed by atoms with van der Waals surface area (Å²) < 4.78 is 5.20. The lowest BCUT2D eigenvalue weighted by molar-refractivity contribution is -0.112. The average Bonchev–Trinajstić information content (AvgIpc) is 2.57. The van der Waals surface area contributed by atoms with Crippen LogP contribution in [-0.2, 0) is 4.79 Å². The molecular weight excluding hydrogens is 328 g/mol. The molecular formula is C18H15ClN2O3. The van der Waals surface area contributed by atoms with E-state index in [4.69, 9.17) is 16.3 Å². The van der Waals surface area contributed by atoms with Crippen molar-refractivity contribution >= 4 is 29.3 Å². The Morgan fingerprint density at radius 1 is 1.33 bits per heavy atom. The van der Waals surface area contributed by atoms with Gasteiger partial charge in [-0.15, -0.1) is 0 Å². The minimum absolute atomic E-state index is 0.0738. The Kier molecular flexibility index (Phi) is 5.46. The van der Waals surface area contributed by atoms with Crippen molar-refractivity contribution in [2.45, 2.75) is 6.92 Å². The third-order valence-corrected chi connectivity index (χ3v) is 3.71. The standard InChI is InChI=1S/C18H15ClN2O3/c1-11-7-16(17(24-2)9-15(11)19)21-18(23)13(10-20)8-12-3-5-14(22)6-4-12/h3-9,22H,1-2H3,(H,21,23)/b13-8+. The minimum Gasteiger partial charge on any atom is -0.508 e. The predicted molar refractivity (Wildman–Crippen MR) is 93.1 cm³/mol. The van der Waals surface area contributed by atoms with Gasteiger partial charge < -0.3 is 15.2 Å². The summed E-state index contributed by atoms with van der Waals surface area (Å²) in [6.45, 7) is 1.80. The van der Waals surface area contributed by atoms with Crippen LogP contribution in [0.3, 0.4) is 0 Å². The van der Waals surface area contributed by atoms with Gasteiger partial charge in [-0.2, -0.15) is 5.26 Å². The van der Waals surface area contributed by atoms with Gasteiger partial charge in [0, 0.05) is 11.1 Å². The van der Waals surface area contributed by atoms with Crippen molar-refractivity contribution in [3.8, 4) is 17.6 Å². The molecule has 2 N–H and O–H groups in total. The number of ether oxygens (including phenoxy) is 1. The first-order valence-electron chi connectivity index (χ1n) is 7.01. The molecule has 2 aromatic carbocycles. The molecule has 0 unspecified atom stereocenters. The normalized spacial score (nSPS) is 10.8. The maximum absolute atomic E-state index is 12.3. The molecule has 0 atom stereocenters. The summed E-state index contributed by atoms with van der Waals surface area (Å²) in [6, 6.07) is 11.3. The van der Waals surface area contributed by atoms with Crippen molar-refractivity contribution in [2.24, 2.45) is 0 Å². The fraction of sp³-hybridized carbons (Fsp3) is 0.111. The smallest absolute Gasteiger partial charge is 0.266 e. The van der Waals surface area contributed by atoms with Crippen molar-refractivity contribution in [3.63, 3.8) is 0 Å². The van der Waals surface area contributed by atoms with Crippen LogP contribution in [0.15, 0.2) is 42.0 Å². The third-order valence-electron chi connectivity index (χ3n) is 3.30. The number of aryl methyl sites for hydroxylation is 1. The number of hydrogen-bond acceptors (Lipinski definition) is 4. The van der Waals surface area contributed by atoms with Crippen LogP contribution in [0.25, 0.3) is 6.08 Å². The first kappa shape index (κ1) is 17.4. The van der Waals surface area contributed by atoms with Crippen LogP contribution >= 0.6 is 11.6 Å². The molecule has 0 aromatic heterocycles. The van der Waals surface area contributed by atoms with Crippen LogP contribution in [0, 0.1) is 18.3 Å². The van der Waals surface area contributed by atoms with Gasteiger partial charge in [-0.25, -0.2) is 0 Å². The summed E-state index contributed by atoms with van der Waals surface area (Å²) in [4.78, 5) is 12.3. The van der Waals surface area contributed by atoms with E-state index in [1.54, 1.807) is 31.2 Å². The zero-order valence-electron chi connectivity index (χ0n) is 13.1. The van der Waals surface area contributed by atoms with E-state index in [0.717, 1.165) is 5.56 Å². The van der Waals surface area contributed by atoms with Crippen LogP contribution in [0.1, 0.15) is 11.1 Å². The molecule has 0 heterocycles. The number of methoxy groups -OCH3 is 1. The summed E-state index contributed by atoms with van der Waals surface area (Å²) in [6.07, 6.45) is 1.43. The molecule has 0 aliphatic rings. The monoisotopic (exact) mass is 342 g/mol. The van der Waals surface area contributed by atoms with E-state index < -0.39 is 5.91 Å². The van der Waals surface area contributed by atoms with Crippen molar-refractivity contribution in [3.05, 3.63) is 58.1 Å². The number of phenolic OH excluding ortho intramolecular Hbond substituents is 1. The molecule has 0 spiro atoms. The number of halogens is 1. The third kappa shape index (κ3) is 4.06. The fourth-order valence-electron chi connectivity index (χ4n) is 2.01. The molecule has 122 valence electrons. The molecule has 0 aliphatic heterocycles. The predicted octanol–water partition coefficient (Wildman–Crippen LogP) is 3.91. The van der Waals surface area contributed by atoms with E-state index >= 15 is 0 Å². The number of hydrogen-bond donors (Lipinski definition) is 2. The van der Waals surface area contributed by atoms with Crippen LogP contribution in [0.2, 0.25) is 5.02 Å². The van der Waals surface area contributed by atoms with Gasteiger partial charge in [-0.1, -0.05) is 23.7 Å². The number of aromatic hydroxyl groups is 1. The molecule has 0 fully saturated rings. The maximum Gasteiger partial charge on any atom is 0.266 e. The van der Waals surface area contributed by atoms with E-state index in [1.165, 1.54) is 25.3 Å². The number of rotatable bonds is 4. The summed E-state index contributed by atoms with van der Waals surface area (Å²) in [5, 5.41) is 21.7. The summed E-state index contributed by atoms with van der Waals surface area (Å²) >= 11 is 6.03. The molecule has 0 aliphatic carbocycles. The highest BCUT2D eigenvalue weighted by Gasteiger charge is 2.14. The molecule has 0 saturated heterocycles. The summed E-state index contributed by atoms with van der Waals surface area (Å²) in [5.41, 5.74) is 1.75. The number of amides is 1. The lowest BCUT2D eigenvalue weighted by Crippen LogP contribution is -2.14. The van der Waals surface area contributed by atoms with Gasteiger partial charge in [0.2, 0.25) is 0 Å². The van der Waals surface area contributed by atoms with Gasteiger partial charge in [0.25, 0.3) is 5.91 Å². The van der Waals surface area contributed by atoms with Gasteiger partial charge in [0.1, 0.15) is 23.1 Å². The number of anilines is 1. The molecule has 5 nitrogen and oxygen atoms in total. The summed E-state index contributed by atoms with van der Waals surface area (Å²) in [7, 11) is 1.47. The molecule has 0 radical (unpaired) electrons. The Morgan fingerprint density at radius 2 is 2.00 bits per heavy atom. The van der Waals surface area contributed by atoms with Crippen LogP contribution in [0.4, 0.5) is 5.69 Å². The number of phenols is 1. The maximum atomic E-state index is 12.3. The Labute approximate surface area is 144 Å². The number of nitrogens with one attached hydrogen (secondary N) is 1. The Hall–Kier alpha value is -2.97. The molecule has 2 rings (SSSR count). The van der Waals surface area contributed by atoms with Gasteiger partial charge in [-0.3, -0.25) is 4.79 Å². The fourth-order valence-corrected chi connectivity index (χ4v) is 2.16. The van der Waals surface area contributed by atoms with Crippen molar-refractivity contribution in [1.29, 1.82) is 5.26 Å². The lowest BCUT2D eigenvalue weighted by Gasteiger charge is -2.12. The van der Waals surface area contributed by atoms with Crippen LogP contribution in [-0.4, -0.2) is 18.1 Å². The van der Waals surface area contributed by atoms with Crippen molar-refractivity contribution < 1.29 is 14.6 Å². The van der Waals surface area contributed by atoms with E-state index in [9.17, 15) is 15.2 Å². The number of carbonyl (C=O) groups excluding carboxylic acids is 1. The van der Waals surface area contributed by atoms with Gasteiger partial charge in [0.15, 0.2) is 0 Å². The number of nitrogens with zero attached hydrogens (tertiary/aromatic N) is 1. The number of benzene rings is 2. The van der Waals surface area contributed by atoms with E-state index in [2.05, 4.69) is 5.32 Å². The minimum atomic E-state index is -0.564. The molecule has 1 amide bonds. The second kappa shape index (κ2) is 7.53. The molecule has 0 saturated carbocycles. The first-order chi connectivity index (χ1) is 11.4. The van der Waals surface area contributed by atoms with Crippen LogP contribution in [0.5, 0.6) is 11.5 Å². The van der Waals surface area contributed by atoms with Crippen LogP contribution < -0.4 is 10.1 Å². The van der Waals surface area contributed by atoms with Gasteiger partial charge >= 0.3 is 0 Å². The number of carbonyl (C=O) groups is 1.